The van der Waals surface area contributed by atoms with Gasteiger partial charge in [0.05, 0.1) is 19.9 Å². The molecule has 0 saturated carbocycles. The Labute approximate surface area is 141 Å². The molecule has 0 radical (unpaired) electrons. The number of nitrogens with zero attached hydrogens (tertiary/aromatic N) is 2. The Morgan fingerprint density at radius 3 is 2.91 bits per heavy atom. The van der Waals surface area contributed by atoms with Crippen LogP contribution < -0.4 is 14.9 Å². The molecule has 0 fully saturated rings. The SMILES string of the molecule is CCCCCCOc1ccc(C=NNc2nccs2)cc1OC. The molecule has 0 aliphatic heterocycles. The van der Waals surface area contributed by atoms with Crippen molar-refractivity contribution in [3.8, 4) is 11.5 Å². The molecule has 0 unspecified atom stereocenters. The Morgan fingerprint density at radius 2 is 2.17 bits per heavy atom. The Balaban J connectivity index is 1.89. The molecule has 0 amide bonds. The Morgan fingerprint density at radius 1 is 1.26 bits per heavy atom. The van der Waals surface area contributed by atoms with E-state index in [9.17, 15) is 0 Å². The second kappa shape index (κ2) is 9.84. The van der Waals surface area contributed by atoms with Crippen molar-refractivity contribution in [2.45, 2.75) is 32.6 Å². The first-order valence-electron chi connectivity index (χ1n) is 7.83. The van der Waals surface area contributed by atoms with Crippen molar-refractivity contribution in [2.24, 2.45) is 5.10 Å². The van der Waals surface area contributed by atoms with Crippen LogP contribution in [-0.4, -0.2) is 24.9 Å². The maximum absolute atomic E-state index is 5.80. The molecule has 1 aromatic carbocycles. The summed E-state index contributed by atoms with van der Waals surface area (Å²) in [5.41, 5.74) is 3.82. The lowest BCUT2D eigenvalue weighted by Crippen LogP contribution is -2.00. The zero-order chi connectivity index (χ0) is 16.3. The molecule has 1 heterocycles. The second-order valence-electron chi connectivity index (χ2n) is 5.03. The molecular weight excluding hydrogens is 310 g/mol. The van der Waals surface area contributed by atoms with Gasteiger partial charge in [-0.2, -0.15) is 5.10 Å². The van der Waals surface area contributed by atoms with Gasteiger partial charge in [-0.1, -0.05) is 26.2 Å². The zero-order valence-electron chi connectivity index (χ0n) is 13.6. The van der Waals surface area contributed by atoms with Gasteiger partial charge < -0.3 is 9.47 Å². The minimum atomic E-state index is 0.718. The lowest BCUT2D eigenvalue weighted by atomic mass is 10.2. The van der Waals surface area contributed by atoms with Gasteiger partial charge in [0.15, 0.2) is 11.5 Å². The summed E-state index contributed by atoms with van der Waals surface area (Å²) < 4.78 is 11.2. The molecule has 0 atom stereocenters. The van der Waals surface area contributed by atoms with Crippen LogP contribution in [0.1, 0.15) is 38.2 Å². The summed E-state index contributed by atoms with van der Waals surface area (Å²) in [6.07, 6.45) is 8.21. The van der Waals surface area contributed by atoms with Crippen LogP contribution in [-0.2, 0) is 0 Å². The number of aromatic nitrogens is 1. The van der Waals surface area contributed by atoms with Crippen LogP contribution in [0.15, 0.2) is 34.9 Å². The molecule has 0 spiro atoms. The molecule has 124 valence electrons. The van der Waals surface area contributed by atoms with Crippen molar-refractivity contribution in [3.05, 3.63) is 35.3 Å². The quantitative estimate of drug-likeness (QED) is 0.393. The molecule has 5 nitrogen and oxygen atoms in total. The van der Waals surface area contributed by atoms with Gasteiger partial charge in [0, 0.05) is 11.6 Å². The third-order valence-corrected chi connectivity index (χ3v) is 3.93. The number of unbranched alkanes of at least 4 members (excludes halogenated alkanes) is 3. The van der Waals surface area contributed by atoms with Crippen LogP contribution >= 0.6 is 11.3 Å². The Bertz CT molecular complexity index is 600. The number of nitrogens with one attached hydrogen (secondary N) is 1. The van der Waals surface area contributed by atoms with Crippen molar-refractivity contribution in [1.82, 2.24) is 4.98 Å². The zero-order valence-corrected chi connectivity index (χ0v) is 14.4. The number of hydrazone groups is 1. The fraction of sp³-hybridized carbons (Fsp3) is 0.412. The van der Waals surface area contributed by atoms with Gasteiger partial charge in [0.25, 0.3) is 0 Å². The monoisotopic (exact) mass is 333 g/mol. The smallest absolute Gasteiger partial charge is 0.203 e. The molecule has 1 aromatic heterocycles. The molecule has 0 bridgehead atoms. The second-order valence-corrected chi connectivity index (χ2v) is 5.92. The predicted octanol–water partition coefficient (Wildman–Crippen LogP) is 4.56. The number of ether oxygens (including phenoxy) is 2. The molecule has 2 rings (SSSR count). The van der Waals surface area contributed by atoms with Crippen molar-refractivity contribution in [1.29, 1.82) is 0 Å². The molecule has 1 N–H and O–H groups in total. The highest BCUT2D eigenvalue weighted by Crippen LogP contribution is 2.27. The number of hydrogen-bond acceptors (Lipinski definition) is 6. The van der Waals surface area contributed by atoms with Gasteiger partial charge >= 0.3 is 0 Å². The number of rotatable bonds is 10. The Hall–Kier alpha value is -2.08. The van der Waals surface area contributed by atoms with Crippen LogP contribution in [0.3, 0.4) is 0 Å². The molecule has 0 saturated heterocycles. The van der Waals surface area contributed by atoms with Crippen molar-refractivity contribution < 1.29 is 9.47 Å². The predicted molar refractivity (Wildman–Crippen MR) is 96.0 cm³/mol. The first kappa shape index (κ1) is 17.3. The van der Waals surface area contributed by atoms with Gasteiger partial charge in [-0.25, -0.2) is 4.98 Å². The van der Waals surface area contributed by atoms with E-state index >= 15 is 0 Å². The molecule has 0 aliphatic carbocycles. The summed E-state index contributed by atoms with van der Waals surface area (Å²) in [5.74, 6) is 1.49. The maximum Gasteiger partial charge on any atom is 0.203 e. The van der Waals surface area contributed by atoms with Crippen molar-refractivity contribution >= 4 is 22.7 Å². The third-order valence-electron chi connectivity index (χ3n) is 3.25. The minimum Gasteiger partial charge on any atom is -0.493 e. The summed E-state index contributed by atoms with van der Waals surface area (Å²) in [6.45, 7) is 2.92. The molecular formula is C17H23N3O2S. The number of anilines is 1. The van der Waals surface area contributed by atoms with E-state index < -0.39 is 0 Å². The molecule has 23 heavy (non-hydrogen) atoms. The first-order valence-corrected chi connectivity index (χ1v) is 8.71. The molecule has 6 heteroatoms. The van der Waals surface area contributed by atoms with E-state index in [0.717, 1.165) is 35.2 Å². The van der Waals surface area contributed by atoms with E-state index in [1.807, 2.05) is 23.6 Å². The highest BCUT2D eigenvalue weighted by Gasteiger charge is 2.05. The summed E-state index contributed by atoms with van der Waals surface area (Å²) in [4.78, 5) is 4.10. The number of thiazole rings is 1. The average molecular weight is 333 g/mol. The van der Waals surface area contributed by atoms with E-state index in [4.69, 9.17) is 9.47 Å². The fourth-order valence-electron chi connectivity index (χ4n) is 2.04. The highest BCUT2D eigenvalue weighted by molar-refractivity contribution is 7.13. The number of benzene rings is 1. The number of methoxy groups -OCH3 is 1. The van der Waals surface area contributed by atoms with E-state index in [1.54, 1.807) is 19.5 Å². The van der Waals surface area contributed by atoms with E-state index in [-0.39, 0.29) is 0 Å². The summed E-state index contributed by atoms with van der Waals surface area (Å²) >= 11 is 1.50. The van der Waals surface area contributed by atoms with E-state index in [2.05, 4.69) is 22.4 Å². The largest absolute Gasteiger partial charge is 0.493 e. The van der Waals surface area contributed by atoms with Gasteiger partial charge in [-0.05, 0) is 30.2 Å². The first-order chi connectivity index (χ1) is 11.3. The maximum atomic E-state index is 5.80. The van der Waals surface area contributed by atoms with Crippen molar-refractivity contribution in [3.63, 3.8) is 0 Å². The van der Waals surface area contributed by atoms with Gasteiger partial charge in [0.2, 0.25) is 5.13 Å². The normalized spacial score (nSPS) is 10.9. The van der Waals surface area contributed by atoms with Gasteiger partial charge in [-0.15, -0.1) is 11.3 Å². The Kier molecular flexibility index (Phi) is 7.39. The van der Waals surface area contributed by atoms with Crippen LogP contribution in [0.2, 0.25) is 0 Å². The van der Waals surface area contributed by atoms with Crippen molar-refractivity contribution in [2.75, 3.05) is 19.1 Å². The highest BCUT2D eigenvalue weighted by atomic mass is 32.1. The molecule has 2 aromatic rings. The average Bonchev–Trinajstić information content (AvgIpc) is 3.09. The van der Waals surface area contributed by atoms with Crippen LogP contribution in [0.25, 0.3) is 0 Å². The summed E-state index contributed by atoms with van der Waals surface area (Å²) in [5, 5.41) is 6.82. The standard InChI is InChI=1S/C17H23N3O2S/c1-3-4-5-6-10-22-15-8-7-14(12-16(15)21-2)13-19-20-17-18-9-11-23-17/h7-9,11-13H,3-6,10H2,1-2H3,(H,18,20). The lowest BCUT2D eigenvalue weighted by Gasteiger charge is -2.11. The lowest BCUT2D eigenvalue weighted by molar-refractivity contribution is 0.285. The van der Waals surface area contributed by atoms with Gasteiger partial charge in [-0.3, -0.25) is 5.43 Å². The summed E-state index contributed by atoms with van der Waals surface area (Å²) in [6, 6.07) is 5.79. The fourth-order valence-corrected chi connectivity index (χ4v) is 2.51. The number of hydrogen-bond donors (Lipinski definition) is 1. The van der Waals surface area contributed by atoms with E-state index in [0.29, 0.717) is 0 Å². The van der Waals surface area contributed by atoms with Crippen LogP contribution in [0, 0.1) is 0 Å². The van der Waals surface area contributed by atoms with E-state index in [1.165, 1.54) is 30.6 Å². The van der Waals surface area contributed by atoms with Crippen LogP contribution in [0.4, 0.5) is 5.13 Å². The topological polar surface area (TPSA) is 55.7 Å². The summed E-state index contributed by atoms with van der Waals surface area (Å²) in [7, 11) is 1.65. The van der Waals surface area contributed by atoms with Crippen LogP contribution in [0.5, 0.6) is 11.5 Å². The van der Waals surface area contributed by atoms with Gasteiger partial charge in [0.1, 0.15) is 0 Å². The minimum absolute atomic E-state index is 0.718. The molecule has 0 aliphatic rings. The third kappa shape index (κ3) is 5.90.